The number of para-hydroxylation sites is 2. The minimum atomic E-state index is -0.727. The molecule has 0 spiro atoms. The summed E-state index contributed by atoms with van der Waals surface area (Å²) >= 11 is 11.5. The van der Waals surface area contributed by atoms with Gasteiger partial charge in [0.1, 0.15) is 10.9 Å². The number of carbonyl (C=O) groups is 2. The number of hydrogen-bond donors (Lipinski definition) is 1. The predicted octanol–water partition coefficient (Wildman–Crippen LogP) is 3.58. The maximum atomic E-state index is 11.9. The Bertz CT molecular complexity index is 753. The van der Waals surface area contributed by atoms with Gasteiger partial charge in [0.15, 0.2) is 6.61 Å². The molecule has 8 heteroatoms. The lowest BCUT2D eigenvalue weighted by Crippen LogP contribution is -2.21. The molecule has 0 saturated heterocycles. The van der Waals surface area contributed by atoms with Gasteiger partial charge in [-0.1, -0.05) is 35.3 Å². The number of nitrogens with zero attached hydrogens (tertiary/aromatic N) is 1. The highest BCUT2D eigenvalue weighted by atomic mass is 35.5. The van der Waals surface area contributed by atoms with Crippen molar-refractivity contribution >= 4 is 40.8 Å². The van der Waals surface area contributed by atoms with Gasteiger partial charge in [-0.15, -0.1) is 0 Å². The number of esters is 1. The number of benzene rings is 1. The maximum absolute atomic E-state index is 11.9. The van der Waals surface area contributed by atoms with E-state index in [0.717, 1.165) is 0 Å². The fraction of sp³-hybridized carbons (Fsp3) is 0.188. The summed E-state index contributed by atoms with van der Waals surface area (Å²) in [5.41, 5.74) is 0.600. The third kappa shape index (κ3) is 4.84. The van der Waals surface area contributed by atoms with E-state index in [0.29, 0.717) is 18.0 Å². The van der Waals surface area contributed by atoms with Crippen LogP contribution in [-0.2, 0) is 9.53 Å². The van der Waals surface area contributed by atoms with Crippen LogP contribution in [0, 0.1) is 0 Å². The van der Waals surface area contributed by atoms with Gasteiger partial charge in [0.25, 0.3) is 5.91 Å². The van der Waals surface area contributed by atoms with E-state index in [4.69, 9.17) is 32.7 Å². The lowest BCUT2D eigenvalue weighted by atomic mass is 10.3. The monoisotopic (exact) mass is 368 g/mol. The molecule has 1 N–H and O–H groups in total. The highest BCUT2D eigenvalue weighted by Crippen LogP contribution is 2.23. The van der Waals surface area contributed by atoms with E-state index in [-0.39, 0.29) is 15.7 Å². The highest BCUT2D eigenvalue weighted by Gasteiger charge is 2.13. The van der Waals surface area contributed by atoms with E-state index in [1.165, 1.54) is 12.3 Å². The largest absolute Gasteiger partial charge is 0.492 e. The molecular weight excluding hydrogens is 355 g/mol. The second-order valence-electron chi connectivity index (χ2n) is 4.55. The number of rotatable bonds is 6. The van der Waals surface area contributed by atoms with Crippen LogP contribution in [0.15, 0.2) is 36.5 Å². The zero-order valence-corrected chi connectivity index (χ0v) is 14.2. The molecule has 1 aromatic heterocycles. The summed E-state index contributed by atoms with van der Waals surface area (Å²) in [5.74, 6) is -0.689. The summed E-state index contributed by atoms with van der Waals surface area (Å²) in [5, 5.41) is 2.83. The lowest BCUT2D eigenvalue weighted by molar-refractivity contribution is -0.119. The first-order valence-corrected chi connectivity index (χ1v) is 7.76. The first-order chi connectivity index (χ1) is 11.5. The van der Waals surface area contributed by atoms with Gasteiger partial charge < -0.3 is 14.8 Å². The molecule has 0 unspecified atom stereocenters. The van der Waals surface area contributed by atoms with Crippen molar-refractivity contribution in [2.45, 2.75) is 6.92 Å². The first-order valence-electron chi connectivity index (χ1n) is 7.01. The van der Waals surface area contributed by atoms with Crippen LogP contribution in [0.2, 0.25) is 10.2 Å². The third-order valence-electron chi connectivity index (χ3n) is 2.83. The van der Waals surface area contributed by atoms with Gasteiger partial charge in [0, 0.05) is 6.20 Å². The van der Waals surface area contributed by atoms with Gasteiger partial charge in [-0.25, -0.2) is 9.78 Å². The molecule has 1 aromatic carbocycles. The van der Waals surface area contributed by atoms with Crippen LogP contribution in [0.5, 0.6) is 5.75 Å². The van der Waals surface area contributed by atoms with E-state index >= 15 is 0 Å². The Hall–Kier alpha value is -2.31. The van der Waals surface area contributed by atoms with E-state index in [1.54, 1.807) is 24.3 Å². The average molecular weight is 369 g/mol. The number of anilines is 1. The van der Waals surface area contributed by atoms with Gasteiger partial charge in [0.05, 0.1) is 22.9 Å². The summed E-state index contributed by atoms with van der Waals surface area (Å²) in [6.07, 6.45) is 1.22. The molecule has 126 valence electrons. The van der Waals surface area contributed by atoms with E-state index in [2.05, 4.69) is 10.3 Å². The Morgan fingerprint density at radius 3 is 2.71 bits per heavy atom. The summed E-state index contributed by atoms with van der Waals surface area (Å²) in [6.45, 7) is 1.84. The molecule has 0 aliphatic carbocycles. The normalized spacial score (nSPS) is 10.1. The van der Waals surface area contributed by atoms with Gasteiger partial charge in [-0.3, -0.25) is 4.79 Å². The zero-order valence-electron chi connectivity index (χ0n) is 12.7. The fourth-order valence-corrected chi connectivity index (χ4v) is 2.05. The molecule has 1 heterocycles. The van der Waals surface area contributed by atoms with Crippen molar-refractivity contribution < 1.29 is 19.1 Å². The number of ether oxygens (including phenoxy) is 2. The van der Waals surface area contributed by atoms with E-state index in [9.17, 15) is 9.59 Å². The Kier molecular flexibility index (Phi) is 6.40. The number of aromatic nitrogens is 1. The predicted molar refractivity (Wildman–Crippen MR) is 90.8 cm³/mol. The molecule has 6 nitrogen and oxygen atoms in total. The van der Waals surface area contributed by atoms with Gasteiger partial charge in [-0.05, 0) is 25.1 Å². The Balaban J connectivity index is 1.93. The molecule has 2 rings (SSSR count). The van der Waals surface area contributed by atoms with Crippen molar-refractivity contribution in [3.63, 3.8) is 0 Å². The van der Waals surface area contributed by atoms with Crippen molar-refractivity contribution in [2.24, 2.45) is 0 Å². The summed E-state index contributed by atoms with van der Waals surface area (Å²) in [4.78, 5) is 27.5. The summed E-state index contributed by atoms with van der Waals surface area (Å²) in [6, 6.07) is 8.28. The van der Waals surface area contributed by atoms with Crippen LogP contribution in [0.4, 0.5) is 5.69 Å². The van der Waals surface area contributed by atoms with Crippen LogP contribution in [0.25, 0.3) is 0 Å². The summed E-state index contributed by atoms with van der Waals surface area (Å²) < 4.78 is 10.3. The number of nitrogens with one attached hydrogen (secondary N) is 1. The molecule has 0 atom stereocenters. The molecule has 1 amide bonds. The van der Waals surface area contributed by atoms with E-state index in [1.807, 2.05) is 6.92 Å². The average Bonchev–Trinajstić information content (AvgIpc) is 2.57. The van der Waals surface area contributed by atoms with Crippen molar-refractivity contribution in [3.05, 3.63) is 52.3 Å². The molecule has 0 aliphatic heterocycles. The van der Waals surface area contributed by atoms with Gasteiger partial charge in [-0.2, -0.15) is 0 Å². The number of carbonyl (C=O) groups excluding carboxylic acids is 2. The molecule has 0 radical (unpaired) electrons. The second kappa shape index (κ2) is 8.52. The van der Waals surface area contributed by atoms with Crippen LogP contribution < -0.4 is 10.1 Å². The molecule has 0 bridgehead atoms. The molecule has 0 fully saturated rings. The Labute approximate surface area is 148 Å². The minimum absolute atomic E-state index is 0.0819. The highest BCUT2D eigenvalue weighted by molar-refractivity contribution is 6.41. The topological polar surface area (TPSA) is 77.5 Å². The standard InChI is InChI=1S/C16H14Cl2N2O4/c1-2-23-13-6-4-3-5-12(13)20-14(21)9-24-16(22)10-7-11(17)15(18)19-8-10/h3-8H,2,9H2,1H3,(H,20,21). The van der Waals surface area contributed by atoms with Crippen LogP contribution in [0.1, 0.15) is 17.3 Å². The van der Waals surface area contributed by atoms with Gasteiger partial charge in [0.2, 0.25) is 0 Å². The SMILES string of the molecule is CCOc1ccccc1NC(=O)COC(=O)c1cnc(Cl)c(Cl)c1. The Morgan fingerprint density at radius 1 is 1.25 bits per heavy atom. The molecule has 2 aromatic rings. The van der Waals surface area contributed by atoms with Crippen LogP contribution >= 0.6 is 23.2 Å². The molecule has 24 heavy (non-hydrogen) atoms. The molecule has 0 aliphatic rings. The van der Waals surface area contributed by atoms with Crippen LogP contribution in [0.3, 0.4) is 0 Å². The van der Waals surface area contributed by atoms with Crippen molar-refractivity contribution in [2.75, 3.05) is 18.5 Å². The number of halogens is 2. The number of pyridine rings is 1. The number of amides is 1. The number of hydrogen-bond acceptors (Lipinski definition) is 5. The third-order valence-corrected chi connectivity index (χ3v) is 3.51. The zero-order chi connectivity index (χ0) is 17.5. The second-order valence-corrected chi connectivity index (χ2v) is 5.32. The molecular formula is C16H14Cl2N2O4. The van der Waals surface area contributed by atoms with Crippen LogP contribution in [-0.4, -0.2) is 30.1 Å². The van der Waals surface area contributed by atoms with Crippen molar-refractivity contribution in [3.8, 4) is 5.75 Å². The summed E-state index contributed by atoms with van der Waals surface area (Å²) in [7, 11) is 0. The van der Waals surface area contributed by atoms with E-state index < -0.39 is 18.5 Å². The lowest BCUT2D eigenvalue weighted by Gasteiger charge is -2.11. The first kappa shape index (κ1) is 18.0. The fourth-order valence-electron chi connectivity index (χ4n) is 1.78. The quantitative estimate of drug-likeness (QED) is 0.622. The maximum Gasteiger partial charge on any atom is 0.340 e. The smallest absolute Gasteiger partial charge is 0.340 e. The van der Waals surface area contributed by atoms with Crippen molar-refractivity contribution in [1.82, 2.24) is 4.98 Å². The van der Waals surface area contributed by atoms with Gasteiger partial charge >= 0.3 is 5.97 Å². The van der Waals surface area contributed by atoms with Crippen molar-refractivity contribution in [1.29, 1.82) is 0 Å². The molecule has 0 saturated carbocycles. The minimum Gasteiger partial charge on any atom is -0.492 e. The Morgan fingerprint density at radius 2 is 2.00 bits per heavy atom.